The Bertz CT molecular complexity index is 697. The minimum atomic E-state index is -0.456. The largest absolute Gasteiger partial charge is 0.490 e. The third-order valence-electron chi connectivity index (χ3n) is 3.33. The predicted molar refractivity (Wildman–Crippen MR) is 75.1 cm³/mol. The van der Waals surface area contributed by atoms with Crippen molar-refractivity contribution in [1.29, 1.82) is 0 Å². The first-order valence-electron chi connectivity index (χ1n) is 6.34. The van der Waals surface area contributed by atoms with Gasteiger partial charge in [-0.15, -0.1) is 0 Å². The molecule has 0 aliphatic carbocycles. The van der Waals surface area contributed by atoms with Gasteiger partial charge >= 0.3 is 0 Å². The number of fused-ring (bicyclic) bond motifs is 1. The molecule has 1 heterocycles. The molecule has 0 saturated heterocycles. The van der Waals surface area contributed by atoms with Crippen molar-refractivity contribution < 1.29 is 13.9 Å². The summed E-state index contributed by atoms with van der Waals surface area (Å²) in [5, 5.41) is 0.125. The summed E-state index contributed by atoms with van der Waals surface area (Å²) in [4.78, 5) is 12.4. The number of benzene rings is 2. The normalized spacial score (nSPS) is 16.6. The summed E-state index contributed by atoms with van der Waals surface area (Å²) in [5.74, 6) is 0.152. The van der Waals surface area contributed by atoms with Gasteiger partial charge in [0.1, 0.15) is 17.7 Å². The average molecular weight is 291 g/mol. The Morgan fingerprint density at radius 3 is 2.85 bits per heavy atom. The number of rotatable bonds is 2. The van der Waals surface area contributed by atoms with Crippen LogP contribution in [0.25, 0.3) is 0 Å². The molecule has 0 spiro atoms. The zero-order valence-corrected chi connectivity index (χ0v) is 11.6. The van der Waals surface area contributed by atoms with Crippen LogP contribution >= 0.6 is 11.6 Å². The van der Waals surface area contributed by atoms with Gasteiger partial charge in [0.15, 0.2) is 5.78 Å². The number of carbonyl (C=O) groups excluding carboxylic acids is 1. The van der Waals surface area contributed by atoms with Crippen molar-refractivity contribution in [3.05, 3.63) is 63.9 Å². The Labute approximate surface area is 121 Å². The highest BCUT2D eigenvalue weighted by molar-refractivity contribution is 6.35. The summed E-state index contributed by atoms with van der Waals surface area (Å²) in [5.41, 5.74) is 1.86. The second-order valence-corrected chi connectivity index (χ2v) is 5.32. The van der Waals surface area contributed by atoms with E-state index < -0.39 is 5.82 Å². The number of hydrogen-bond donors (Lipinski definition) is 0. The molecule has 1 aliphatic rings. The highest BCUT2D eigenvalue weighted by atomic mass is 35.5. The Morgan fingerprint density at radius 1 is 1.30 bits per heavy atom. The maximum absolute atomic E-state index is 13.0. The van der Waals surface area contributed by atoms with Crippen molar-refractivity contribution in [1.82, 2.24) is 0 Å². The molecule has 102 valence electrons. The Kier molecular flexibility index (Phi) is 3.22. The third kappa shape index (κ3) is 2.29. The minimum absolute atomic E-state index is 0.125. The van der Waals surface area contributed by atoms with E-state index in [2.05, 4.69) is 0 Å². The lowest BCUT2D eigenvalue weighted by Crippen LogP contribution is -2.05. The van der Waals surface area contributed by atoms with E-state index in [0.717, 1.165) is 23.8 Å². The second-order valence-electron chi connectivity index (χ2n) is 4.91. The maximum atomic E-state index is 13.0. The fourth-order valence-corrected chi connectivity index (χ4v) is 2.65. The minimum Gasteiger partial charge on any atom is -0.490 e. The van der Waals surface area contributed by atoms with Gasteiger partial charge in [0, 0.05) is 17.5 Å². The molecule has 2 aromatic rings. The molecule has 0 amide bonds. The average Bonchev–Trinajstić information content (AvgIpc) is 2.77. The monoisotopic (exact) mass is 290 g/mol. The molecule has 0 fully saturated rings. The molecule has 1 unspecified atom stereocenters. The molecule has 0 bridgehead atoms. The fraction of sp³-hybridized carbons (Fsp3) is 0.188. The van der Waals surface area contributed by atoms with E-state index in [1.54, 1.807) is 12.1 Å². The molecule has 0 saturated carbocycles. The molecule has 2 nitrogen and oxygen atoms in total. The van der Waals surface area contributed by atoms with E-state index in [0.29, 0.717) is 11.1 Å². The fourth-order valence-electron chi connectivity index (χ4n) is 2.39. The van der Waals surface area contributed by atoms with Crippen molar-refractivity contribution in [2.75, 3.05) is 0 Å². The van der Waals surface area contributed by atoms with Crippen molar-refractivity contribution in [2.24, 2.45) is 0 Å². The Morgan fingerprint density at radius 2 is 2.10 bits per heavy atom. The van der Waals surface area contributed by atoms with Gasteiger partial charge in [-0.3, -0.25) is 4.79 Å². The summed E-state index contributed by atoms with van der Waals surface area (Å²) in [6.07, 6.45) is 0.915. The zero-order valence-electron chi connectivity index (χ0n) is 10.8. The van der Waals surface area contributed by atoms with E-state index in [4.69, 9.17) is 16.3 Å². The molecule has 4 heteroatoms. The van der Waals surface area contributed by atoms with Gasteiger partial charge in [-0.05, 0) is 48.9 Å². The van der Waals surface area contributed by atoms with E-state index in [1.807, 2.05) is 13.0 Å². The van der Waals surface area contributed by atoms with E-state index >= 15 is 0 Å². The van der Waals surface area contributed by atoms with Crippen LogP contribution in [0.2, 0.25) is 5.02 Å². The molecule has 3 rings (SSSR count). The van der Waals surface area contributed by atoms with Gasteiger partial charge in [-0.2, -0.15) is 0 Å². The smallest absolute Gasteiger partial charge is 0.194 e. The van der Waals surface area contributed by atoms with Crippen LogP contribution in [0.15, 0.2) is 36.4 Å². The van der Waals surface area contributed by atoms with Gasteiger partial charge < -0.3 is 4.74 Å². The summed E-state index contributed by atoms with van der Waals surface area (Å²) < 4.78 is 18.6. The first kappa shape index (κ1) is 13.1. The molecule has 20 heavy (non-hydrogen) atoms. The van der Waals surface area contributed by atoms with Crippen molar-refractivity contribution in [3.8, 4) is 5.75 Å². The van der Waals surface area contributed by atoms with Gasteiger partial charge in [0.25, 0.3) is 0 Å². The lowest BCUT2D eigenvalue weighted by Gasteiger charge is -2.06. The zero-order chi connectivity index (χ0) is 14.3. The number of ketones is 1. The van der Waals surface area contributed by atoms with Crippen LogP contribution < -0.4 is 4.74 Å². The standard InChI is InChI=1S/C16H12ClFO2/c1-9-6-11-7-10(2-5-15(11)20-9)16(19)13-4-3-12(18)8-14(13)17/h2-5,7-9H,6H2,1H3. The van der Waals surface area contributed by atoms with Gasteiger partial charge in [0.05, 0.1) is 5.02 Å². The summed E-state index contributed by atoms with van der Waals surface area (Å²) in [7, 11) is 0. The Balaban J connectivity index is 1.97. The SMILES string of the molecule is CC1Cc2cc(C(=O)c3ccc(F)cc3Cl)ccc2O1. The maximum Gasteiger partial charge on any atom is 0.194 e. The molecular weight excluding hydrogens is 279 g/mol. The van der Waals surface area contributed by atoms with Crippen LogP contribution in [0.1, 0.15) is 28.4 Å². The second kappa shape index (κ2) is 4.91. The van der Waals surface area contributed by atoms with Crippen LogP contribution in [0.3, 0.4) is 0 Å². The van der Waals surface area contributed by atoms with Crippen LogP contribution in [0.5, 0.6) is 5.75 Å². The molecule has 0 radical (unpaired) electrons. The predicted octanol–water partition coefficient (Wildman–Crippen LogP) is 4.03. The highest BCUT2D eigenvalue weighted by Gasteiger charge is 2.21. The molecular formula is C16H12ClFO2. The lowest BCUT2D eigenvalue weighted by atomic mass is 10.00. The quantitative estimate of drug-likeness (QED) is 0.781. The topological polar surface area (TPSA) is 26.3 Å². The number of ether oxygens (including phenoxy) is 1. The van der Waals surface area contributed by atoms with Crippen LogP contribution in [-0.4, -0.2) is 11.9 Å². The number of hydrogen-bond acceptors (Lipinski definition) is 2. The molecule has 1 aliphatic heterocycles. The summed E-state index contributed by atoms with van der Waals surface area (Å²) >= 11 is 5.93. The van der Waals surface area contributed by atoms with Gasteiger partial charge in [0.2, 0.25) is 0 Å². The summed E-state index contributed by atoms with van der Waals surface area (Å²) in [6.45, 7) is 1.98. The first-order valence-corrected chi connectivity index (χ1v) is 6.72. The Hall–Kier alpha value is -1.87. The highest BCUT2D eigenvalue weighted by Crippen LogP contribution is 2.30. The van der Waals surface area contributed by atoms with Crippen LogP contribution in [0.4, 0.5) is 4.39 Å². The van der Waals surface area contributed by atoms with Crippen LogP contribution in [-0.2, 0) is 6.42 Å². The molecule has 0 N–H and O–H groups in total. The van der Waals surface area contributed by atoms with Gasteiger partial charge in [-0.1, -0.05) is 11.6 Å². The van der Waals surface area contributed by atoms with Crippen molar-refractivity contribution in [2.45, 2.75) is 19.4 Å². The number of carbonyl (C=O) groups is 1. The summed E-state index contributed by atoms with van der Waals surface area (Å²) in [6, 6.07) is 9.11. The molecule has 2 aromatic carbocycles. The van der Waals surface area contributed by atoms with E-state index in [9.17, 15) is 9.18 Å². The lowest BCUT2D eigenvalue weighted by molar-refractivity contribution is 0.103. The van der Waals surface area contributed by atoms with Crippen molar-refractivity contribution in [3.63, 3.8) is 0 Å². The van der Waals surface area contributed by atoms with Crippen LogP contribution in [0, 0.1) is 5.82 Å². The van der Waals surface area contributed by atoms with Gasteiger partial charge in [-0.25, -0.2) is 4.39 Å². The number of halogens is 2. The third-order valence-corrected chi connectivity index (χ3v) is 3.65. The molecule has 0 aromatic heterocycles. The molecule has 1 atom stereocenters. The van der Waals surface area contributed by atoms with Crippen molar-refractivity contribution >= 4 is 17.4 Å². The van der Waals surface area contributed by atoms with E-state index in [1.165, 1.54) is 12.1 Å². The van der Waals surface area contributed by atoms with E-state index in [-0.39, 0.29) is 16.9 Å². The first-order chi connectivity index (χ1) is 9.54.